The molecular formula is C21H24N6O. The molecule has 1 aliphatic heterocycles. The van der Waals surface area contributed by atoms with Gasteiger partial charge in [0.15, 0.2) is 0 Å². The lowest BCUT2D eigenvalue weighted by atomic mass is 9.97. The molecule has 0 radical (unpaired) electrons. The predicted octanol–water partition coefficient (Wildman–Crippen LogP) is 3.65. The minimum atomic E-state index is 0.317. The Bertz CT molecular complexity index is 944. The summed E-state index contributed by atoms with van der Waals surface area (Å²) in [5.74, 6) is 2.06. The maximum absolute atomic E-state index is 5.86. The van der Waals surface area contributed by atoms with E-state index in [0.29, 0.717) is 12.5 Å². The van der Waals surface area contributed by atoms with Crippen LogP contribution >= 0.6 is 0 Å². The summed E-state index contributed by atoms with van der Waals surface area (Å²) in [4.78, 5) is 17.4. The van der Waals surface area contributed by atoms with Crippen LogP contribution in [0.25, 0.3) is 11.3 Å². The number of anilines is 2. The number of rotatable bonds is 6. The van der Waals surface area contributed by atoms with Gasteiger partial charge in [-0.3, -0.25) is 9.97 Å². The second-order valence-corrected chi connectivity index (χ2v) is 6.97. The number of nitrogens with one attached hydrogen (secondary N) is 2. The van der Waals surface area contributed by atoms with Crippen LogP contribution in [-0.4, -0.2) is 39.6 Å². The first-order valence-corrected chi connectivity index (χ1v) is 9.54. The van der Waals surface area contributed by atoms with Gasteiger partial charge in [-0.2, -0.15) is 0 Å². The molecule has 0 saturated carbocycles. The number of ether oxygens (including phenoxy) is 1. The van der Waals surface area contributed by atoms with Crippen molar-refractivity contribution in [3.05, 3.63) is 54.4 Å². The molecule has 0 amide bonds. The van der Waals surface area contributed by atoms with Gasteiger partial charge in [-0.25, -0.2) is 9.97 Å². The molecule has 0 aromatic carbocycles. The van der Waals surface area contributed by atoms with Gasteiger partial charge in [0.1, 0.15) is 24.5 Å². The number of aryl methyl sites for hydroxylation is 1. The highest BCUT2D eigenvalue weighted by molar-refractivity contribution is 5.61. The molecule has 0 aliphatic carbocycles. The largest absolute Gasteiger partial charge is 0.489 e. The molecule has 144 valence electrons. The molecule has 7 heteroatoms. The molecule has 0 bridgehead atoms. The van der Waals surface area contributed by atoms with Crippen LogP contribution < -0.4 is 15.4 Å². The Balaban J connectivity index is 1.39. The number of hydrogen-bond donors (Lipinski definition) is 2. The van der Waals surface area contributed by atoms with Crippen LogP contribution in [0.5, 0.6) is 5.75 Å². The molecule has 7 nitrogen and oxygen atoms in total. The Labute approximate surface area is 164 Å². The summed E-state index contributed by atoms with van der Waals surface area (Å²) >= 11 is 0. The van der Waals surface area contributed by atoms with Crippen molar-refractivity contribution in [1.82, 2.24) is 19.9 Å². The van der Waals surface area contributed by atoms with Crippen molar-refractivity contribution in [3.63, 3.8) is 0 Å². The average Bonchev–Trinajstić information content (AvgIpc) is 2.74. The van der Waals surface area contributed by atoms with E-state index in [4.69, 9.17) is 4.74 Å². The van der Waals surface area contributed by atoms with Gasteiger partial charge in [0, 0.05) is 48.4 Å². The molecule has 3 aromatic heterocycles. The maximum Gasteiger partial charge on any atom is 0.149 e. The fourth-order valence-corrected chi connectivity index (χ4v) is 3.25. The zero-order chi connectivity index (χ0) is 19.3. The van der Waals surface area contributed by atoms with E-state index >= 15 is 0 Å². The van der Waals surface area contributed by atoms with E-state index in [1.54, 1.807) is 6.33 Å². The van der Waals surface area contributed by atoms with Crippen molar-refractivity contribution in [1.29, 1.82) is 0 Å². The number of fused-ring (bicyclic) bond motifs is 1. The van der Waals surface area contributed by atoms with Crippen molar-refractivity contribution in [2.45, 2.75) is 26.2 Å². The van der Waals surface area contributed by atoms with Gasteiger partial charge in [0.2, 0.25) is 0 Å². The van der Waals surface area contributed by atoms with Gasteiger partial charge in [0.05, 0.1) is 17.6 Å². The van der Waals surface area contributed by atoms with Gasteiger partial charge >= 0.3 is 0 Å². The zero-order valence-electron chi connectivity index (χ0n) is 16.1. The number of aromatic nitrogens is 4. The molecule has 3 aromatic rings. The summed E-state index contributed by atoms with van der Waals surface area (Å²) in [6.07, 6.45) is 8.09. The fraction of sp³-hybridized carbons (Fsp3) is 0.333. The van der Waals surface area contributed by atoms with E-state index in [-0.39, 0.29) is 0 Å². The summed E-state index contributed by atoms with van der Waals surface area (Å²) in [5, 5.41) is 6.74. The highest BCUT2D eigenvalue weighted by atomic mass is 16.5. The Morgan fingerprint density at radius 3 is 2.96 bits per heavy atom. The monoisotopic (exact) mass is 376 g/mol. The lowest BCUT2D eigenvalue weighted by Crippen LogP contribution is -2.20. The van der Waals surface area contributed by atoms with E-state index in [1.165, 1.54) is 0 Å². The molecule has 2 N–H and O–H groups in total. The van der Waals surface area contributed by atoms with Gasteiger partial charge in [-0.1, -0.05) is 6.92 Å². The molecule has 0 fully saturated rings. The normalized spacial score (nSPS) is 13.8. The third kappa shape index (κ3) is 4.03. The van der Waals surface area contributed by atoms with E-state index in [1.807, 2.05) is 43.7 Å². The van der Waals surface area contributed by atoms with Gasteiger partial charge in [-0.15, -0.1) is 0 Å². The standard InChI is InChI=1S/C21H24N6O/c1-14(17-11-22-12-19-21(17)28-8-7-23-19)5-6-24-20-9-18(26-13-27-20)16-4-3-15(2)25-10-16/h3-4,9-14,23H,5-8H2,1-2H3,(H,24,26,27). The molecule has 0 saturated heterocycles. The molecule has 0 spiro atoms. The topological polar surface area (TPSA) is 84.9 Å². The lowest BCUT2D eigenvalue weighted by Gasteiger charge is -2.23. The summed E-state index contributed by atoms with van der Waals surface area (Å²) < 4.78 is 5.86. The molecular weight excluding hydrogens is 352 g/mol. The van der Waals surface area contributed by atoms with Crippen molar-refractivity contribution >= 4 is 11.5 Å². The van der Waals surface area contributed by atoms with Crippen LogP contribution in [-0.2, 0) is 0 Å². The molecule has 1 atom stereocenters. The molecule has 4 rings (SSSR count). The quantitative estimate of drug-likeness (QED) is 0.679. The summed E-state index contributed by atoms with van der Waals surface area (Å²) in [6.45, 7) is 6.47. The van der Waals surface area contributed by atoms with Crippen LogP contribution in [0.3, 0.4) is 0 Å². The van der Waals surface area contributed by atoms with Crippen LogP contribution in [0.4, 0.5) is 11.5 Å². The first kappa shape index (κ1) is 18.2. The second kappa shape index (κ2) is 8.21. The smallest absolute Gasteiger partial charge is 0.149 e. The van der Waals surface area contributed by atoms with Crippen LogP contribution in [0.1, 0.15) is 30.5 Å². The SMILES string of the molecule is Cc1ccc(-c2cc(NCCC(C)c3cncc4c3OCCN4)ncn2)cn1. The molecule has 4 heterocycles. The van der Waals surface area contributed by atoms with E-state index in [9.17, 15) is 0 Å². The van der Waals surface area contributed by atoms with E-state index in [0.717, 1.165) is 59.3 Å². The molecule has 1 unspecified atom stereocenters. The second-order valence-electron chi connectivity index (χ2n) is 6.97. The average molecular weight is 376 g/mol. The number of hydrogen-bond acceptors (Lipinski definition) is 7. The summed E-state index contributed by atoms with van der Waals surface area (Å²) in [5.41, 5.74) is 4.95. The minimum Gasteiger partial charge on any atom is -0.489 e. The minimum absolute atomic E-state index is 0.317. The lowest BCUT2D eigenvalue weighted by molar-refractivity contribution is 0.317. The van der Waals surface area contributed by atoms with Crippen molar-refractivity contribution in [3.8, 4) is 17.0 Å². The van der Waals surface area contributed by atoms with Gasteiger partial charge < -0.3 is 15.4 Å². The van der Waals surface area contributed by atoms with Gasteiger partial charge in [0.25, 0.3) is 0 Å². The molecule has 1 aliphatic rings. The Morgan fingerprint density at radius 1 is 1.18 bits per heavy atom. The highest BCUT2D eigenvalue weighted by Gasteiger charge is 2.18. The predicted molar refractivity (Wildman–Crippen MR) is 110 cm³/mol. The number of pyridine rings is 2. The Morgan fingerprint density at radius 2 is 2.11 bits per heavy atom. The Hall–Kier alpha value is -3.22. The fourth-order valence-electron chi connectivity index (χ4n) is 3.25. The van der Waals surface area contributed by atoms with Crippen LogP contribution in [0.2, 0.25) is 0 Å². The number of nitrogens with zero attached hydrogens (tertiary/aromatic N) is 4. The van der Waals surface area contributed by atoms with E-state index < -0.39 is 0 Å². The third-order valence-electron chi connectivity index (χ3n) is 4.88. The van der Waals surface area contributed by atoms with Crippen LogP contribution in [0.15, 0.2) is 43.1 Å². The highest BCUT2D eigenvalue weighted by Crippen LogP contribution is 2.35. The third-order valence-corrected chi connectivity index (χ3v) is 4.88. The van der Waals surface area contributed by atoms with E-state index in [2.05, 4.69) is 37.5 Å². The van der Waals surface area contributed by atoms with Crippen molar-refractivity contribution in [2.24, 2.45) is 0 Å². The first-order chi connectivity index (χ1) is 13.7. The summed E-state index contributed by atoms with van der Waals surface area (Å²) in [7, 11) is 0. The first-order valence-electron chi connectivity index (χ1n) is 9.54. The van der Waals surface area contributed by atoms with Crippen molar-refractivity contribution in [2.75, 3.05) is 30.3 Å². The Kier molecular flexibility index (Phi) is 5.32. The van der Waals surface area contributed by atoms with Crippen LogP contribution in [0, 0.1) is 6.92 Å². The maximum atomic E-state index is 5.86. The molecule has 28 heavy (non-hydrogen) atoms. The summed E-state index contributed by atoms with van der Waals surface area (Å²) in [6, 6.07) is 5.96. The zero-order valence-corrected chi connectivity index (χ0v) is 16.1. The van der Waals surface area contributed by atoms with Crippen molar-refractivity contribution < 1.29 is 4.74 Å². The van der Waals surface area contributed by atoms with Gasteiger partial charge in [-0.05, 0) is 31.4 Å².